The number of hydrogen-bond acceptors (Lipinski definition) is 4. The average molecular weight is 326 g/mol. The minimum Gasteiger partial charge on any atom is -0.454 e. The Morgan fingerprint density at radius 3 is 2.83 bits per heavy atom. The minimum atomic E-state index is 0.313. The second-order valence-corrected chi connectivity index (χ2v) is 5.67. The first-order chi connectivity index (χ1) is 8.83. The summed E-state index contributed by atoms with van der Waals surface area (Å²) >= 11 is 5.27. The maximum absolute atomic E-state index is 5.38. The Labute approximate surface area is 118 Å². The molecule has 0 amide bonds. The van der Waals surface area contributed by atoms with Gasteiger partial charge < -0.3 is 14.8 Å². The van der Waals surface area contributed by atoms with Gasteiger partial charge in [-0.15, -0.1) is 0 Å². The van der Waals surface area contributed by atoms with Crippen LogP contribution in [-0.2, 0) is 13.1 Å². The monoisotopic (exact) mass is 325 g/mol. The molecular weight excluding hydrogens is 314 g/mol. The number of hydrogen-bond donors (Lipinski definition) is 1. The summed E-state index contributed by atoms with van der Waals surface area (Å²) in [4.78, 5) is 0. The molecule has 2 aromatic rings. The zero-order valence-corrected chi connectivity index (χ0v) is 12.0. The number of fused-ring (bicyclic) bond motifs is 1. The molecule has 0 radical (unpaired) electrons. The molecule has 0 spiro atoms. The molecule has 1 N–H and O–H groups in total. The van der Waals surface area contributed by atoms with Crippen molar-refractivity contribution in [2.75, 3.05) is 6.79 Å². The first kappa shape index (κ1) is 12.0. The van der Waals surface area contributed by atoms with Crippen LogP contribution in [0.5, 0.6) is 11.5 Å². The Balaban J connectivity index is 1.66. The summed E-state index contributed by atoms with van der Waals surface area (Å²) in [7, 11) is 0. The molecule has 3 rings (SSSR count). The van der Waals surface area contributed by atoms with E-state index in [1.807, 2.05) is 12.1 Å². The van der Waals surface area contributed by atoms with Crippen molar-refractivity contribution in [1.82, 2.24) is 5.32 Å². The van der Waals surface area contributed by atoms with Gasteiger partial charge in [0.1, 0.15) is 0 Å². The molecule has 0 fully saturated rings. The summed E-state index contributed by atoms with van der Waals surface area (Å²) in [6.45, 7) is 1.99. The Kier molecular flexibility index (Phi) is 3.54. The molecular formula is C13H12BrNO2S. The lowest BCUT2D eigenvalue weighted by molar-refractivity contribution is 0.174. The summed E-state index contributed by atoms with van der Waals surface area (Å²) in [5.74, 6) is 1.63. The maximum atomic E-state index is 5.38. The highest BCUT2D eigenvalue weighted by atomic mass is 79.9. The van der Waals surface area contributed by atoms with Crippen molar-refractivity contribution >= 4 is 27.3 Å². The molecule has 0 aliphatic carbocycles. The van der Waals surface area contributed by atoms with E-state index in [-0.39, 0.29) is 0 Å². The summed E-state index contributed by atoms with van der Waals surface area (Å²) in [6.07, 6.45) is 0. The number of benzene rings is 1. The largest absolute Gasteiger partial charge is 0.454 e. The molecule has 2 heterocycles. The third-order valence-electron chi connectivity index (χ3n) is 2.77. The van der Waals surface area contributed by atoms with E-state index in [0.717, 1.165) is 29.1 Å². The Hall–Kier alpha value is -1.04. The highest BCUT2D eigenvalue weighted by Gasteiger charge is 2.15. The molecule has 5 heteroatoms. The van der Waals surface area contributed by atoms with Gasteiger partial charge in [0.25, 0.3) is 0 Å². The minimum absolute atomic E-state index is 0.313. The third kappa shape index (κ3) is 2.53. The van der Waals surface area contributed by atoms with Gasteiger partial charge in [0.05, 0.1) is 0 Å². The quantitative estimate of drug-likeness (QED) is 0.932. The standard InChI is InChI=1S/C13H12BrNO2S/c14-11-4-13-12(16-8-17-13)3-10(11)6-15-5-9-1-2-18-7-9/h1-4,7,15H,5-6,8H2. The normalized spacial score (nSPS) is 12.9. The molecule has 1 aromatic carbocycles. The van der Waals surface area contributed by atoms with Gasteiger partial charge in [-0.25, -0.2) is 0 Å². The molecule has 0 bridgehead atoms. The van der Waals surface area contributed by atoms with E-state index in [9.17, 15) is 0 Å². The van der Waals surface area contributed by atoms with Gasteiger partial charge in [-0.3, -0.25) is 0 Å². The van der Waals surface area contributed by atoms with Crippen LogP contribution in [0, 0.1) is 0 Å². The number of thiophene rings is 1. The molecule has 18 heavy (non-hydrogen) atoms. The van der Waals surface area contributed by atoms with E-state index in [4.69, 9.17) is 9.47 Å². The van der Waals surface area contributed by atoms with Gasteiger partial charge in [-0.05, 0) is 40.1 Å². The first-order valence-electron chi connectivity index (χ1n) is 5.63. The molecule has 1 aliphatic heterocycles. The number of nitrogens with one attached hydrogen (secondary N) is 1. The first-order valence-corrected chi connectivity index (χ1v) is 7.36. The topological polar surface area (TPSA) is 30.5 Å². The lowest BCUT2D eigenvalue weighted by atomic mass is 10.2. The number of ether oxygens (including phenoxy) is 2. The van der Waals surface area contributed by atoms with Crippen LogP contribution in [0.1, 0.15) is 11.1 Å². The van der Waals surface area contributed by atoms with Gasteiger partial charge in [0, 0.05) is 17.6 Å². The molecule has 1 aromatic heterocycles. The van der Waals surface area contributed by atoms with Crippen molar-refractivity contribution in [2.24, 2.45) is 0 Å². The van der Waals surface area contributed by atoms with E-state index < -0.39 is 0 Å². The van der Waals surface area contributed by atoms with Crippen LogP contribution in [0.3, 0.4) is 0 Å². The molecule has 1 aliphatic rings. The van der Waals surface area contributed by atoms with Crippen molar-refractivity contribution in [3.63, 3.8) is 0 Å². The molecule has 3 nitrogen and oxygen atoms in total. The fourth-order valence-electron chi connectivity index (χ4n) is 1.83. The van der Waals surface area contributed by atoms with E-state index in [1.54, 1.807) is 11.3 Å². The van der Waals surface area contributed by atoms with Crippen LogP contribution in [0.4, 0.5) is 0 Å². The Bertz CT molecular complexity index is 542. The van der Waals surface area contributed by atoms with Gasteiger partial charge in [-0.2, -0.15) is 11.3 Å². The number of halogens is 1. The van der Waals surface area contributed by atoms with Crippen molar-refractivity contribution in [1.29, 1.82) is 0 Å². The van der Waals surface area contributed by atoms with Gasteiger partial charge >= 0.3 is 0 Å². The molecule has 94 valence electrons. The van der Waals surface area contributed by atoms with Crippen LogP contribution in [0.25, 0.3) is 0 Å². The lowest BCUT2D eigenvalue weighted by Crippen LogP contribution is -2.12. The van der Waals surface area contributed by atoms with Gasteiger partial charge in [-0.1, -0.05) is 15.9 Å². The molecule has 0 saturated heterocycles. The van der Waals surface area contributed by atoms with Crippen molar-refractivity contribution in [3.8, 4) is 11.5 Å². The van der Waals surface area contributed by atoms with E-state index >= 15 is 0 Å². The second-order valence-electron chi connectivity index (χ2n) is 4.03. The van der Waals surface area contributed by atoms with E-state index in [0.29, 0.717) is 6.79 Å². The predicted molar refractivity (Wildman–Crippen MR) is 75.1 cm³/mol. The van der Waals surface area contributed by atoms with E-state index in [1.165, 1.54) is 11.1 Å². The third-order valence-corrected chi connectivity index (χ3v) is 4.24. The number of rotatable bonds is 4. The summed E-state index contributed by atoms with van der Waals surface area (Å²) < 4.78 is 11.7. The van der Waals surface area contributed by atoms with Gasteiger partial charge in [0.2, 0.25) is 6.79 Å². The molecule has 0 atom stereocenters. The Morgan fingerprint density at radius 1 is 1.22 bits per heavy atom. The van der Waals surface area contributed by atoms with Crippen LogP contribution in [0.2, 0.25) is 0 Å². The maximum Gasteiger partial charge on any atom is 0.231 e. The summed E-state index contributed by atoms with van der Waals surface area (Å²) in [5.41, 5.74) is 2.49. The summed E-state index contributed by atoms with van der Waals surface area (Å²) in [6, 6.07) is 6.11. The van der Waals surface area contributed by atoms with Crippen LogP contribution >= 0.6 is 27.3 Å². The van der Waals surface area contributed by atoms with Crippen molar-refractivity contribution in [2.45, 2.75) is 13.1 Å². The predicted octanol–water partition coefficient (Wildman–Crippen LogP) is 3.53. The Morgan fingerprint density at radius 2 is 2.06 bits per heavy atom. The van der Waals surface area contributed by atoms with Crippen LogP contribution in [-0.4, -0.2) is 6.79 Å². The smallest absolute Gasteiger partial charge is 0.231 e. The molecule has 0 unspecified atom stereocenters. The van der Waals surface area contributed by atoms with Gasteiger partial charge in [0.15, 0.2) is 11.5 Å². The van der Waals surface area contributed by atoms with Crippen LogP contribution < -0.4 is 14.8 Å². The fourth-order valence-corrected chi connectivity index (χ4v) is 2.96. The zero-order chi connectivity index (χ0) is 12.4. The second kappa shape index (κ2) is 5.30. The van der Waals surface area contributed by atoms with Crippen LogP contribution in [0.15, 0.2) is 33.4 Å². The lowest BCUT2D eigenvalue weighted by Gasteiger charge is -2.07. The van der Waals surface area contributed by atoms with Crippen molar-refractivity contribution in [3.05, 3.63) is 44.6 Å². The summed E-state index contributed by atoms with van der Waals surface area (Å²) in [5, 5.41) is 7.66. The zero-order valence-electron chi connectivity index (χ0n) is 9.61. The highest BCUT2D eigenvalue weighted by Crippen LogP contribution is 2.36. The van der Waals surface area contributed by atoms with E-state index in [2.05, 4.69) is 38.1 Å². The fraction of sp³-hybridized carbons (Fsp3) is 0.231. The highest BCUT2D eigenvalue weighted by molar-refractivity contribution is 9.10. The van der Waals surface area contributed by atoms with Crippen molar-refractivity contribution < 1.29 is 9.47 Å². The average Bonchev–Trinajstić information content (AvgIpc) is 3.00. The SMILES string of the molecule is Brc1cc2c(cc1CNCc1ccsc1)OCO2. The molecule has 0 saturated carbocycles.